The van der Waals surface area contributed by atoms with Gasteiger partial charge in [-0.25, -0.2) is 8.42 Å². The zero-order valence-electron chi connectivity index (χ0n) is 19.1. The van der Waals surface area contributed by atoms with Crippen LogP contribution in [0.25, 0.3) is 0 Å². The molecule has 1 aliphatic heterocycles. The zero-order chi connectivity index (χ0) is 24.0. The van der Waals surface area contributed by atoms with E-state index in [2.05, 4.69) is 10.3 Å². The van der Waals surface area contributed by atoms with Crippen molar-refractivity contribution in [3.63, 3.8) is 0 Å². The van der Waals surface area contributed by atoms with Crippen molar-refractivity contribution in [3.8, 4) is 0 Å². The van der Waals surface area contributed by atoms with Gasteiger partial charge in [0.15, 0.2) is 0 Å². The Morgan fingerprint density at radius 2 is 1.82 bits per heavy atom. The third kappa shape index (κ3) is 6.16. The third-order valence-corrected chi connectivity index (χ3v) is 7.36. The molecule has 1 unspecified atom stereocenters. The molecule has 33 heavy (non-hydrogen) atoms. The quantitative estimate of drug-likeness (QED) is 0.621. The number of nitrogens with zero attached hydrogens (tertiary/aromatic N) is 3. The highest BCUT2D eigenvalue weighted by atomic mass is 32.2. The van der Waals surface area contributed by atoms with Gasteiger partial charge in [-0.1, -0.05) is 19.9 Å². The Kier molecular flexibility index (Phi) is 8.17. The maximum atomic E-state index is 13.1. The van der Waals surface area contributed by atoms with Gasteiger partial charge in [-0.2, -0.15) is 4.31 Å². The molecule has 0 saturated carbocycles. The fourth-order valence-corrected chi connectivity index (χ4v) is 5.00. The van der Waals surface area contributed by atoms with Crippen LogP contribution in [0.4, 0.5) is 0 Å². The minimum absolute atomic E-state index is 0.0410. The van der Waals surface area contributed by atoms with E-state index < -0.39 is 22.0 Å². The van der Waals surface area contributed by atoms with E-state index in [0.717, 1.165) is 5.56 Å². The van der Waals surface area contributed by atoms with E-state index in [9.17, 15) is 18.0 Å². The van der Waals surface area contributed by atoms with Crippen molar-refractivity contribution >= 4 is 21.8 Å². The first-order chi connectivity index (χ1) is 15.7. The molecule has 1 fully saturated rings. The lowest BCUT2D eigenvalue weighted by atomic mass is 10.0. The Hall–Kier alpha value is -2.82. The number of likely N-dealkylation sites (N-methyl/N-ethyl adjacent to an activating group) is 1. The van der Waals surface area contributed by atoms with Crippen LogP contribution in [-0.4, -0.2) is 73.8 Å². The topological polar surface area (TPSA) is 109 Å². The number of nitrogens with one attached hydrogen (secondary N) is 1. The highest BCUT2D eigenvalue weighted by molar-refractivity contribution is 7.89. The normalized spacial score (nSPS) is 15.8. The van der Waals surface area contributed by atoms with Gasteiger partial charge in [-0.15, -0.1) is 0 Å². The molecule has 1 atom stereocenters. The third-order valence-electron chi connectivity index (χ3n) is 5.47. The molecule has 2 heterocycles. The van der Waals surface area contributed by atoms with Gasteiger partial charge in [0, 0.05) is 44.6 Å². The highest BCUT2D eigenvalue weighted by Crippen LogP contribution is 2.19. The number of aromatic nitrogens is 1. The number of carbonyl (C=O) groups is 2. The fourth-order valence-electron chi connectivity index (χ4n) is 3.55. The second-order valence-corrected chi connectivity index (χ2v) is 10.2. The minimum atomic E-state index is -3.73. The summed E-state index contributed by atoms with van der Waals surface area (Å²) in [6, 6.07) is 8.78. The first-order valence-electron chi connectivity index (χ1n) is 10.8. The number of rotatable bonds is 8. The Labute approximate surface area is 194 Å². The zero-order valence-corrected chi connectivity index (χ0v) is 19.9. The highest BCUT2D eigenvalue weighted by Gasteiger charge is 2.29. The van der Waals surface area contributed by atoms with Crippen molar-refractivity contribution in [2.45, 2.75) is 31.3 Å². The van der Waals surface area contributed by atoms with Crippen molar-refractivity contribution in [1.82, 2.24) is 19.5 Å². The van der Waals surface area contributed by atoms with Crippen molar-refractivity contribution < 1.29 is 22.7 Å². The molecular formula is C23H30N4O5S. The van der Waals surface area contributed by atoms with E-state index in [1.807, 2.05) is 26.0 Å². The first-order valence-corrected chi connectivity index (χ1v) is 12.3. The van der Waals surface area contributed by atoms with Gasteiger partial charge in [0.2, 0.25) is 15.9 Å². The Balaban J connectivity index is 1.74. The van der Waals surface area contributed by atoms with E-state index in [1.165, 1.54) is 28.6 Å². The van der Waals surface area contributed by atoms with Gasteiger partial charge in [0.05, 0.1) is 18.1 Å². The lowest BCUT2D eigenvalue weighted by molar-refractivity contribution is -0.133. The van der Waals surface area contributed by atoms with Crippen LogP contribution in [0.15, 0.2) is 53.7 Å². The average molecular weight is 475 g/mol. The molecule has 0 bridgehead atoms. The number of sulfonamides is 1. The summed E-state index contributed by atoms with van der Waals surface area (Å²) in [7, 11) is -2.05. The number of ether oxygens (including phenoxy) is 1. The first kappa shape index (κ1) is 24.8. The van der Waals surface area contributed by atoms with Crippen LogP contribution in [-0.2, 0) is 26.1 Å². The Bertz CT molecular complexity index is 1070. The van der Waals surface area contributed by atoms with E-state index >= 15 is 0 Å². The molecule has 2 amide bonds. The van der Waals surface area contributed by atoms with Crippen LogP contribution >= 0.6 is 0 Å². The number of carbonyl (C=O) groups excluding carboxylic acids is 2. The fraction of sp³-hybridized carbons (Fsp3) is 0.435. The summed E-state index contributed by atoms with van der Waals surface area (Å²) in [5, 5.41) is 2.79. The predicted molar refractivity (Wildman–Crippen MR) is 123 cm³/mol. The van der Waals surface area contributed by atoms with Crippen LogP contribution in [0.3, 0.4) is 0 Å². The molecule has 1 aliphatic rings. The Morgan fingerprint density at radius 1 is 1.15 bits per heavy atom. The van der Waals surface area contributed by atoms with Crippen LogP contribution < -0.4 is 5.32 Å². The SMILES string of the molecule is CC(C)C(NC(=O)c1cccc(S(=O)(=O)N2CCOCC2)c1)C(=O)N(C)Cc1ccncc1. The monoisotopic (exact) mass is 474 g/mol. The van der Waals surface area contributed by atoms with Gasteiger partial charge in [-0.05, 0) is 41.8 Å². The van der Waals surface area contributed by atoms with E-state index in [4.69, 9.17) is 4.74 Å². The van der Waals surface area contributed by atoms with Gasteiger partial charge in [-0.3, -0.25) is 14.6 Å². The maximum Gasteiger partial charge on any atom is 0.251 e. The summed E-state index contributed by atoms with van der Waals surface area (Å²) in [4.78, 5) is 31.6. The number of morpholine rings is 1. The number of hydrogen-bond acceptors (Lipinski definition) is 6. The summed E-state index contributed by atoms with van der Waals surface area (Å²) in [5.41, 5.74) is 1.11. The second kappa shape index (κ2) is 10.9. The van der Waals surface area contributed by atoms with Crippen LogP contribution in [0.2, 0.25) is 0 Å². The van der Waals surface area contributed by atoms with Crippen molar-refractivity contribution in [3.05, 3.63) is 59.9 Å². The molecule has 0 radical (unpaired) electrons. The van der Waals surface area contributed by atoms with Crippen LogP contribution in [0.5, 0.6) is 0 Å². The number of amides is 2. The molecule has 178 valence electrons. The summed E-state index contributed by atoms with van der Waals surface area (Å²) in [5.74, 6) is -0.896. The lowest BCUT2D eigenvalue weighted by Gasteiger charge is -2.27. The molecule has 1 aromatic carbocycles. The van der Waals surface area contributed by atoms with Crippen molar-refractivity contribution in [2.75, 3.05) is 33.4 Å². The minimum Gasteiger partial charge on any atom is -0.379 e. The van der Waals surface area contributed by atoms with Crippen LogP contribution in [0.1, 0.15) is 29.8 Å². The summed E-state index contributed by atoms with van der Waals surface area (Å²) in [6.45, 7) is 5.30. The molecule has 0 spiro atoms. The van der Waals surface area contributed by atoms with Gasteiger partial charge in [0.1, 0.15) is 6.04 Å². The molecule has 9 nitrogen and oxygen atoms in total. The molecule has 1 aromatic heterocycles. The number of benzene rings is 1. The molecular weight excluding hydrogens is 444 g/mol. The maximum absolute atomic E-state index is 13.1. The summed E-state index contributed by atoms with van der Waals surface area (Å²) < 4.78 is 32.5. The molecule has 10 heteroatoms. The van der Waals surface area contributed by atoms with E-state index in [1.54, 1.807) is 24.3 Å². The smallest absolute Gasteiger partial charge is 0.251 e. The number of pyridine rings is 1. The van der Waals surface area contributed by atoms with Gasteiger partial charge in [0.25, 0.3) is 5.91 Å². The van der Waals surface area contributed by atoms with Crippen molar-refractivity contribution in [2.24, 2.45) is 5.92 Å². The summed E-state index contributed by atoms with van der Waals surface area (Å²) in [6.07, 6.45) is 3.32. The van der Waals surface area contributed by atoms with Crippen molar-refractivity contribution in [1.29, 1.82) is 0 Å². The van der Waals surface area contributed by atoms with E-state index in [-0.39, 0.29) is 35.4 Å². The molecule has 3 rings (SSSR count). The predicted octanol–water partition coefficient (Wildman–Crippen LogP) is 1.52. The Morgan fingerprint density at radius 3 is 2.45 bits per heavy atom. The van der Waals surface area contributed by atoms with E-state index in [0.29, 0.717) is 19.8 Å². The summed E-state index contributed by atoms with van der Waals surface area (Å²) >= 11 is 0. The molecule has 1 N–H and O–H groups in total. The van der Waals surface area contributed by atoms with Crippen LogP contribution in [0, 0.1) is 5.92 Å². The molecule has 1 saturated heterocycles. The molecule has 2 aromatic rings. The average Bonchev–Trinajstić information content (AvgIpc) is 2.83. The second-order valence-electron chi connectivity index (χ2n) is 8.29. The number of hydrogen-bond donors (Lipinski definition) is 1. The standard InChI is InChI=1S/C23H30N4O5S/c1-17(2)21(23(29)26(3)16-18-7-9-24-10-8-18)25-22(28)19-5-4-6-20(15-19)33(30,31)27-11-13-32-14-12-27/h4-10,15,17,21H,11-14,16H2,1-3H3,(H,25,28). The molecule has 0 aliphatic carbocycles. The lowest BCUT2D eigenvalue weighted by Crippen LogP contribution is -2.50. The van der Waals surface area contributed by atoms with Gasteiger partial charge >= 0.3 is 0 Å². The largest absolute Gasteiger partial charge is 0.379 e. The van der Waals surface area contributed by atoms with Gasteiger partial charge < -0.3 is 15.0 Å².